The van der Waals surface area contributed by atoms with Gasteiger partial charge < -0.3 is 19.7 Å². The maximum absolute atomic E-state index is 12.9. The molecule has 0 saturated carbocycles. The number of sulfonamides is 1. The van der Waals surface area contributed by atoms with Crippen LogP contribution >= 0.6 is 0 Å². The smallest absolute Gasteiger partial charge is 0.261 e. The number of nitrogens with zero attached hydrogens (tertiary/aromatic N) is 1. The van der Waals surface area contributed by atoms with Crippen molar-refractivity contribution in [2.45, 2.75) is 49.4 Å². The topological polar surface area (TPSA) is 108 Å². The van der Waals surface area contributed by atoms with E-state index in [2.05, 4.69) is 16.5 Å². The van der Waals surface area contributed by atoms with Gasteiger partial charge in [0, 0.05) is 36.8 Å². The predicted octanol–water partition coefficient (Wildman–Crippen LogP) is 3.84. The number of anilines is 1. The Balaban J connectivity index is 1.41. The van der Waals surface area contributed by atoms with Gasteiger partial charge in [0.05, 0.1) is 29.8 Å². The second-order valence-corrected chi connectivity index (χ2v) is 11.8. The first-order chi connectivity index (χ1) is 18.3. The monoisotopic (exact) mass is 538 g/mol. The predicted molar refractivity (Wildman–Crippen MR) is 144 cm³/mol. The Bertz CT molecular complexity index is 1320. The number of likely N-dealkylation sites (tertiary alicyclic amines) is 1. The third-order valence-corrected chi connectivity index (χ3v) is 8.67. The van der Waals surface area contributed by atoms with Crippen molar-refractivity contribution in [3.05, 3.63) is 95.6 Å². The van der Waals surface area contributed by atoms with Crippen LogP contribution in [-0.4, -0.2) is 55.4 Å². The van der Waals surface area contributed by atoms with Crippen molar-refractivity contribution in [2.75, 3.05) is 24.4 Å². The van der Waals surface area contributed by atoms with Gasteiger partial charge in [0.2, 0.25) is 0 Å². The lowest BCUT2D eigenvalue weighted by molar-refractivity contribution is -0.276. The Morgan fingerprint density at radius 1 is 0.974 bits per heavy atom. The summed E-state index contributed by atoms with van der Waals surface area (Å²) in [6.07, 6.45) is -0.740. The quantitative estimate of drug-likeness (QED) is 0.400. The van der Waals surface area contributed by atoms with Crippen LogP contribution in [0.15, 0.2) is 83.8 Å². The van der Waals surface area contributed by atoms with Gasteiger partial charge in [-0.2, -0.15) is 0 Å². The van der Waals surface area contributed by atoms with Crippen molar-refractivity contribution < 1.29 is 28.1 Å². The molecule has 3 aromatic carbocycles. The Morgan fingerprint density at radius 2 is 1.74 bits per heavy atom. The Kier molecular flexibility index (Phi) is 8.13. The highest BCUT2D eigenvalue weighted by molar-refractivity contribution is 7.92. The van der Waals surface area contributed by atoms with Crippen LogP contribution in [0.4, 0.5) is 5.69 Å². The van der Waals surface area contributed by atoms with E-state index < -0.39 is 16.3 Å². The van der Waals surface area contributed by atoms with Gasteiger partial charge in [0.1, 0.15) is 0 Å². The van der Waals surface area contributed by atoms with Crippen molar-refractivity contribution in [3.63, 3.8) is 0 Å². The van der Waals surface area contributed by atoms with E-state index in [4.69, 9.17) is 9.47 Å². The summed E-state index contributed by atoms with van der Waals surface area (Å²) in [4.78, 5) is 2.40. The molecular weight excluding hydrogens is 504 g/mol. The molecule has 2 aliphatic heterocycles. The maximum atomic E-state index is 12.9. The number of nitrogens with one attached hydrogen (secondary N) is 1. The van der Waals surface area contributed by atoms with Crippen LogP contribution in [0.25, 0.3) is 0 Å². The molecule has 2 heterocycles. The van der Waals surface area contributed by atoms with E-state index in [9.17, 15) is 18.6 Å². The molecule has 5 atom stereocenters. The van der Waals surface area contributed by atoms with Crippen LogP contribution in [-0.2, 0) is 26.1 Å². The lowest BCUT2D eigenvalue weighted by Gasteiger charge is -2.42. The largest absolute Gasteiger partial charge is 0.392 e. The molecule has 38 heavy (non-hydrogen) atoms. The van der Waals surface area contributed by atoms with Gasteiger partial charge in [-0.15, -0.1) is 0 Å². The molecule has 0 bridgehead atoms. The van der Waals surface area contributed by atoms with Crippen LogP contribution < -0.4 is 4.72 Å². The minimum atomic E-state index is -3.74. The van der Waals surface area contributed by atoms with Crippen molar-refractivity contribution in [1.82, 2.24) is 4.90 Å². The molecule has 2 aliphatic rings. The molecule has 3 aromatic rings. The number of β-amino-alcohol motifs (C(OH)–C–C–N with tert-alkyl or cyclic N) is 1. The van der Waals surface area contributed by atoms with Crippen LogP contribution in [0, 0.1) is 5.92 Å². The first-order valence-corrected chi connectivity index (χ1v) is 14.4. The van der Waals surface area contributed by atoms with Gasteiger partial charge in [-0.05, 0) is 41.8 Å². The second-order valence-electron chi connectivity index (χ2n) is 10.1. The molecule has 202 valence electrons. The summed E-state index contributed by atoms with van der Waals surface area (Å²) in [6.45, 7) is 4.15. The summed E-state index contributed by atoms with van der Waals surface area (Å²) in [5.74, 6) is 0.0173. The molecule has 9 heteroatoms. The SMILES string of the molecule is C[C@H]1[C@@H](CN2CC[C@@H](O)C2)OC(c2cccc(NS(=O)(=O)c3ccccc3)c2)O[C@H]1c1ccc(CO)cc1. The number of ether oxygens (including phenoxy) is 2. The minimum Gasteiger partial charge on any atom is -0.392 e. The van der Waals surface area contributed by atoms with Crippen LogP contribution in [0.3, 0.4) is 0 Å². The molecule has 0 radical (unpaired) electrons. The van der Waals surface area contributed by atoms with Gasteiger partial charge >= 0.3 is 0 Å². The lowest BCUT2D eigenvalue weighted by Crippen LogP contribution is -2.44. The third kappa shape index (κ3) is 6.09. The molecular formula is C29H34N2O6S. The van der Waals surface area contributed by atoms with Crippen molar-refractivity contribution in [3.8, 4) is 0 Å². The fourth-order valence-corrected chi connectivity index (χ4v) is 6.19. The molecule has 8 nitrogen and oxygen atoms in total. The fourth-order valence-electron chi connectivity index (χ4n) is 5.12. The minimum absolute atomic E-state index is 0.0173. The second kappa shape index (κ2) is 11.5. The van der Waals surface area contributed by atoms with Crippen molar-refractivity contribution in [1.29, 1.82) is 0 Å². The van der Waals surface area contributed by atoms with Gasteiger partial charge in [-0.3, -0.25) is 9.62 Å². The molecule has 5 rings (SSSR count). The van der Waals surface area contributed by atoms with Crippen molar-refractivity contribution >= 4 is 15.7 Å². The highest BCUT2D eigenvalue weighted by Gasteiger charge is 2.40. The van der Waals surface area contributed by atoms with Gasteiger partial charge in [-0.1, -0.05) is 61.5 Å². The number of aliphatic hydroxyl groups excluding tert-OH is 2. The molecule has 0 spiro atoms. The summed E-state index contributed by atoms with van der Waals surface area (Å²) >= 11 is 0. The summed E-state index contributed by atoms with van der Waals surface area (Å²) in [5.41, 5.74) is 2.93. The van der Waals surface area contributed by atoms with Gasteiger partial charge in [-0.25, -0.2) is 8.42 Å². The van der Waals surface area contributed by atoms with E-state index in [0.29, 0.717) is 24.3 Å². The molecule has 2 saturated heterocycles. The average molecular weight is 539 g/mol. The zero-order valence-electron chi connectivity index (χ0n) is 21.3. The van der Waals surface area contributed by atoms with E-state index in [-0.39, 0.29) is 35.7 Å². The zero-order chi connectivity index (χ0) is 26.7. The van der Waals surface area contributed by atoms with E-state index in [0.717, 1.165) is 24.1 Å². The molecule has 3 N–H and O–H groups in total. The Labute approximate surface area is 223 Å². The lowest BCUT2D eigenvalue weighted by atomic mass is 9.90. The number of aliphatic hydroxyl groups is 2. The first-order valence-electron chi connectivity index (χ1n) is 12.9. The molecule has 1 unspecified atom stereocenters. The standard InChI is InChI=1S/C29H34N2O6S/c1-20-27(18-31-15-14-25(33)17-31)36-29(37-28(20)22-12-10-21(19-32)11-13-22)23-6-5-7-24(16-23)30-38(34,35)26-8-3-2-4-9-26/h2-13,16,20,25,27-30,32-33H,14-15,17-19H2,1H3/t20-,25+,27+,28+,29?/m0/s1. The van der Waals surface area contributed by atoms with E-state index >= 15 is 0 Å². The number of rotatable bonds is 8. The first kappa shape index (κ1) is 26.8. The van der Waals surface area contributed by atoms with Crippen LogP contribution in [0.2, 0.25) is 0 Å². The van der Waals surface area contributed by atoms with E-state index in [1.807, 2.05) is 30.3 Å². The Morgan fingerprint density at radius 3 is 2.42 bits per heavy atom. The van der Waals surface area contributed by atoms with Crippen molar-refractivity contribution in [2.24, 2.45) is 5.92 Å². The average Bonchev–Trinajstić information content (AvgIpc) is 3.34. The number of hydrogen-bond acceptors (Lipinski definition) is 7. The zero-order valence-corrected chi connectivity index (χ0v) is 22.1. The van der Waals surface area contributed by atoms with Crippen LogP contribution in [0.1, 0.15) is 42.4 Å². The fraction of sp³-hybridized carbons (Fsp3) is 0.379. The summed E-state index contributed by atoms with van der Waals surface area (Å²) < 4.78 is 41.4. The molecule has 2 fully saturated rings. The van der Waals surface area contributed by atoms with Gasteiger partial charge in [0.15, 0.2) is 6.29 Å². The summed E-state index contributed by atoms with van der Waals surface area (Å²) in [7, 11) is -3.74. The number of benzene rings is 3. The summed E-state index contributed by atoms with van der Waals surface area (Å²) in [5, 5.41) is 19.5. The Hall–Kier alpha value is -2.79. The van der Waals surface area contributed by atoms with Gasteiger partial charge in [0.25, 0.3) is 10.0 Å². The summed E-state index contributed by atoms with van der Waals surface area (Å²) in [6, 6.07) is 23.0. The maximum Gasteiger partial charge on any atom is 0.261 e. The normalized spacial score (nSPS) is 26.3. The van der Waals surface area contributed by atoms with E-state index in [1.165, 1.54) is 0 Å². The van der Waals surface area contributed by atoms with Crippen LogP contribution in [0.5, 0.6) is 0 Å². The highest BCUT2D eigenvalue weighted by Crippen LogP contribution is 2.42. The van der Waals surface area contributed by atoms with E-state index in [1.54, 1.807) is 48.5 Å². The molecule has 0 aliphatic carbocycles. The third-order valence-electron chi connectivity index (χ3n) is 7.27. The highest BCUT2D eigenvalue weighted by atomic mass is 32.2. The molecule has 0 amide bonds. The number of hydrogen-bond donors (Lipinski definition) is 3. The molecule has 0 aromatic heterocycles.